The van der Waals surface area contributed by atoms with E-state index in [4.69, 9.17) is 11.6 Å². The molecule has 30 heavy (non-hydrogen) atoms. The molecule has 0 spiro atoms. The van der Waals surface area contributed by atoms with Crippen molar-refractivity contribution in [1.82, 2.24) is 0 Å². The maximum atomic E-state index is 13.4. The maximum Gasteiger partial charge on any atom is 0.255 e. The summed E-state index contributed by atoms with van der Waals surface area (Å²) >= 11 is 7.51. The van der Waals surface area contributed by atoms with Crippen molar-refractivity contribution in [2.24, 2.45) is 5.92 Å². The van der Waals surface area contributed by atoms with Gasteiger partial charge in [0.05, 0.1) is 5.02 Å². The van der Waals surface area contributed by atoms with Gasteiger partial charge in [-0.1, -0.05) is 25.4 Å². The quantitative estimate of drug-likeness (QED) is 0.406. The van der Waals surface area contributed by atoms with Crippen LogP contribution in [-0.2, 0) is 4.79 Å². The molecule has 2 rings (SSSR count). The van der Waals surface area contributed by atoms with Crippen LogP contribution in [0, 0.1) is 23.4 Å². The van der Waals surface area contributed by atoms with Gasteiger partial charge in [0.15, 0.2) is 23.2 Å². The maximum absolute atomic E-state index is 13.4. The topological polar surface area (TPSA) is 66.4 Å². The summed E-state index contributed by atoms with van der Waals surface area (Å²) in [4.78, 5) is 25.2. The number of aliphatic hydroxyl groups excluding tert-OH is 1. The molecule has 2 aromatic rings. The van der Waals surface area contributed by atoms with Crippen molar-refractivity contribution >= 4 is 40.7 Å². The zero-order chi connectivity index (χ0) is 22.6. The summed E-state index contributed by atoms with van der Waals surface area (Å²) in [5.74, 6) is -5.81. The Morgan fingerprint density at radius 1 is 1.13 bits per heavy atom. The van der Waals surface area contributed by atoms with Crippen LogP contribution >= 0.6 is 23.4 Å². The first-order chi connectivity index (χ1) is 14.0. The minimum atomic E-state index is -1.62. The lowest BCUT2D eigenvalue weighted by atomic mass is 9.95. The second-order valence-corrected chi connectivity index (χ2v) is 8.60. The Kier molecular flexibility index (Phi) is 8.34. The minimum absolute atomic E-state index is 0.161. The smallest absolute Gasteiger partial charge is 0.255 e. The third-order valence-electron chi connectivity index (χ3n) is 4.53. The first kappa shape index (κ1) is 24.2. The number of rotatable bonds is 8. The lowest BCUT2D eigenvalue weighted by Gasteiger charge is -2.23. The number of hydrogen-bond acceptors (Lipinski definition) is 4. The molecule has 162 valence electrons. The molecule has 0 saturated heterocycles. The number of nitrogens with one attached hydrogen (secondary N) is 1. The van der Waals surface area contributed by atoms with Gasteiger partial charge in [-0.15, -0.1) is 11.8 Å². The molecule has 4 nitrogen and oxygen atoms in total. The molecule has 0 fully saturated rings. The Morgan fingerprint density at radius 3 is 2.27 bits per heavy atom. The SMILES string of the molecule is CCC(C(=O)C(C)O)C(C)Sc1cc(C(=O)Nc2cc(F)c(F)c(F)c2)ccc1Cl. The highest BCUT2D eigenvalue weighted by Crippen LogP contribution is 2.35. The van der Waals surface area contributed by atoms with Gasteiger partial charge in [0, 0.05) is 39.4 Å². The second-order valence-electron chi connectivity index (χ2n) is 6.77. The van der Waals surface area contributed by atoms with E-state index in [1.165, 1.54) is 36.9 Å². The summed E-state index contributed by atoms with van der Waals surface area (Å²) in [6.45, 7) is 5.09. The Morgan fingerprint density at radius 2 is 1.73 bits per heavy atom. The van der Waals surface area contributed by atoms with E-state index in [1.807, 2.05) is 13.8 Å². The largest absolute Gasteiger partial charge is 0.386 e. The molecule has 3 unspecified atom stereocenters. The summed E-state index contributed by atoms with van der Waals surface area (Å²) in [5, 5.41) is 12.0. The average Bonchev–Trinajstić information content (AvgIpc) is 2.68. The first-order valence-corrected chi connectivity index (χ1v) is 10.4. The summed E-state index contributed by atoms with van der Waals surface area (Å²) in [5.41, 5.74) is -0.0726. The summed E-state index contributed by atoms with van der Waals surface area (Å²) < 4.78 is 39.8. The van der Waals surface area contributed by atoms with Gasteiger partial charge in [0.2, 0.25) is 0 Å². The van der Waals surface area contributed by atoms with Crippen molar-refractivity contribution in [3.8, 4) is 0 Å². The number of anilines is 1. The van der Waals surface area contributed by atoms with E-state index in [-0.39, 0.29) is 22.3 Å². The number of thioether (sulfide) groups is 1. The molecule has 2 aromatic carbocycles. The van der Waals surface area contributed by atoms with E-state index in [0.717, 1.165) is 0 Å². The molecular formula is C21H21ClF3NO3S. The number of carbonyl (C=O) groups is 2. The van der Waals surface area contributed by atoms with Crippen molar-refractivity contribution in [3.05, 3.63) is 58.4 Å². The van der Waals surface area contributed by atoms with E-state index >= 15 is 0 Å². The van der Waals surface area contributed by atoms with Gasteiger partial charge < -0.3 is 10.4 Å². The van der Waals surface area contributed by atoms with Crippen molar-refractivity contribution in [2.45, 2.75) is 43.4 Å². The lowest BCUT2D eigenvalue weighted by molar-refractivity contribution is -0.130. The molecular weight excluding hydrogens is 439 g/mol. The third kappa shape index (κ3) is 5.77. The van der Waals surface area contributed by atoms with Crippen molar-refractivity contribution in [2.75, 3.05) is 5.32 Å². The number of amides is 1. The number of benzene rings is 2. The van der Waals surface area contributed by atoms with Gasteiger partial charge in [-0.05, 0) is 31.5 Å². The van der Waals surface area contributed by atoms with Crippen LogP contribution in [0.15, 0.2) is 35.2 Å². The van der Waals surface area contributed by atoms with Crippen LogP contribution in [0.4, 0.5) is 18.9 Å². The van der Waals surface area contributed by atoms with Crippen LogP contribution in [0.25, 0.3) is 0 Å². The number of hydrogen-bond donors (Lipinski definition) is 2. The Hall–Kier alpha value is -2.03. The highest BCUT2D eigenvalue weighted by molar-refractivity contribution is 8.00. The van der Waals surface area contributed by atoms with E-state index in [1.54, 1.807) is 0 Å². The predicted molar refractivity (Wildman–Crippen MR) is 112 cm³/mol. The van der Waals surface area contributed by atoms with Crippen LogP contribution in [0.1, 0.15) is 37.6 Å². The molecule has 0 heterocycles. The number of halogens is 4. The first-order valence-electron chi connectivity index (χ1n) is 9.19. The minimum Gasteiger partial charge on any atom is -0.386 e. The number of ketones is 1. The highest BCUT2D eigenvalue weighted by atomic mass is 35.5. The normalized spacial score (nSPS) is 14.1. The van der Waals surface area contributed by atoms with E-state index in [9.17, 15) is 27.9 Å². The fourth-order valence-electron chi connectivity index (χ4n) is 2.92. The third-order valence-corrected chi connectivity index (χ3v) is 6.27. The fourth-order valence-corrected chi connectivity index (χ4v) is 4.44. The average molecular weight is 460 g/mol. The molecule has 2 N–H and O–H groups in total. The zero-order valence-corrected chi connectivity index (χ0v) is 18.1. The number of aliphatic hydroxyl groups is 1. The van der Waals surface area contributed by atoms with Crippen molar-refractivity contribution < 1.29 is 27.9 Å². The van der Waals surface area contributed by atoms with Crippen LogP contribution in [-0.4, -0.2) is 28.2 Å². The van der Waals surface area contributed by atoms with E-state index < -0.39 is 35.4 Å². The Balaban J connectivity index is 2.22. The molecule has 0 aliphatic heterocycles. The molecule has 1 amide bonds. The van der Waals surface area contributed by atoms with E-state index in [2.05, 4.69) is 5.32 Å². The lowest BCUT2D eigenvalue weighted by Crippen LogP contribution is -2.31. The Bertz CT molecular complexity index is 932. The molecule has 0 bridgehead atoms. The highest BCUT2D eigenvalue weighted by Gasteiger charge is 2.27. The fraction of sp³-hybridized carbons (Fsp3) is 0.333. The zero-order valence-electron chi connectivity index (χ0n) is 16.5. The van der Waals surface area contributed by atoms with Crippen LogP contribution in [0.5, 0.6) is 0 Å². The summed E-state index contributed by atoms with van der Waals surface area (Å²) in [7, 11) is 0. The van der Waals surface area contributed by atoms with Crippen molar-refractivity contribution in [1.29, 1.82) is 0 Å². The summed E-state index contributed by atoms with van der Waals surface area (Å²) in [6.07, 6.45) is -0.556. The van der Waals surface area contributed by atoms with E-state index in [0.29, 0.717) is 28.5 Å². The molecule has 0 radical (unpaired) electrons. The standard InChI is InChI=1S/C21H21ClF3NO3S/c1-4-14(20(28)10(2)27)11(3)30-18-7-12(5-6-15(18)22)21(29)26-13-8-16(23)19(25)17(24)9-13/h5-11,14,27H,4H2,1-3H3,(H,26,29). The molecule has 0 aliphatic carbocycles. The molecule has 3 atom stereocenters. The van der Waals surface area contributed by atoms with Gasteiger partial charge in [0.25, 0.3) is 5.91 Å². The second kappa shape index (κ2) is 10.3. The van der Waals surface area contributed by atoms with Gasteiger partial charge in [-0.3, -0.25) is 9.59 Å². The molecule has 0 aliphatic rings. The van der Waals surface area contributed by atoms with Gasteiger partial charge in [-0.2, -0.15) is 0 Å². The van der Waals surface area contributed by atoms with Crippen LogP contribution in [0.3, 0.4) is 0 Å². The van der Waals surface area contributed by atoms with Crippen molar-refractivity contribution in [3.63, 3.8) is 0 Å². The Labute approximate surface area is 181 Å². The monoisotopic (exact) mass is 459 g/mol. The van der Waals surface area contributed by atoms with Gasteiger partial charge >= 0.3 is 0 Å². The predicted octanol–water partition coefficient (Wildman–Crippen LogP) is 5.47. The van der Waals surface area contributed by atoms with Crippen LogP contribution in [0.2, 0.25) is 5.02 Å². The number of carbonyl (C=O) groups excluding carboxylic acids is 2. The summed E-state index contributed by atoms with van der Waals surface area (Å²) in [6, 6.07) is 5.78. The number of Topliss-reactive ketones (excluding diaryl/α,β-unsaturated/α-hetero) is 1. The van der Waals surface area contributed by atoms with Crippen LogP contribution < -0.4 is 5.32 Å². The van der Waals surface area contributed by atoms with Gasteiger partial charge in [-0.25, -0.2) is 13.2 Å². The molecule has 9 heteroatoms. The molecule has 0 aromatic heterocycles. The molecule has 0 saturated carbocycles. The van der Waals surface area contributed by atoms with Gasteiger partial charge in [0.1, 0.15) is 6.10 Å².